The number of carbonyl (C=O) groups is 1. The van der Waals surface area contributed by atoms with E-state index in [4.69, 9.17) is 0 Å². The molecule has 1 aromatic rings. The predicted octanol–water partition coefficient (Wildman–Crippen LogP) is 3.28. The predicted molar refractivity (Wildman–Crippen MR) is 80.1 cm³/mol. The lowest BCUT2D eigenvalue weighted by molar-refractivity contribution is -0.384. The molecule has 0 heterocycles. The molecule has 1 aliphatic rings. The third kappa shape index (κ3) is 4.03. The van der Waals surface area contributed by atoms with Crippen molar-refractivity contribution in [2.45, 2.75) is 30.5 Å². The van der Waals surface area contributed by atoms with E-state index in [0.29, 0.717) is 22.9 Å². The van der Waals surface area contributed by atoms with E-state index in [1.807, 2.05) is 0 Å². The SMILES string of the molecule is O=C(NCC1CCCC(Br)C1)c1ccc([N+](=O)[O-])cc1. The van der Waals surface area contributed by atoms with Crippen LogP contribution in [0.3, 0.4) is 0 Å². The summed E-state index contributed by atoms with van der Waals surface area (Å²) in [6.07, 6.45) is 4.62. The van der Waals surface area contributed by atoms with Gasteiger partial charge in [0.05, 0.1) is 4.92 Å². The highest BCUT2D eigenvalue weighted by Gasteiger charge is 2.20. The second-order valence-electron chi connectivity index (χ2n) is 5.14. The van der Waals surface area contributed by atoms with Crippen molar-refractivity contribution in [3.63, 3.8) is 0 Å². The second-order valence-corrected chi connectivity index (χ2v) is 6.44. The molecule has 1 fully saturated rings. The van der Waals surface area contributed by atoms with Crippen molar-refractivity contribution in [2.24, 2.45) is 5.92 Å². The minimum Gasteiger partial charge on any atom is -0.352 e. The van der Waals surface area contributed by atoms with E-state index >= 15 is 0 Å². The lowest BCUT2D eigenvalue weighted by atomic mass is 9.89. The first-order valence-corrected chi connectivity index (χ1v) is 7.64. The maximum Gasteiger partial charge on any atom is 0.269 e. The maximum atomic E-state index is 12.0. The third-order valence-corrected chi connectivity index (χ3v) is 4.44. The Bertz CT molecular complexity index is 490. The van der Waals surface area contributed by atoms with Crippen LogP contribution < -0.4 is 5.32 Å². The fraction of sp³-hybridized carbons (Fsp3) is 0.500. The summed E-state index contributed by atoms with van der Waals surface area (Å²) in [4.78, 5) is 22.6. The van der Waals surface area contributed by atoms with Gasteiger partial charge in [-0.05, 0) is 37.3 Å². The molecular formula is C14H17BrN2O3. The average molecular weight is 341 g/mol. The van der Waals surface area contributed by atoms with Crippen molar-refractivity contribution < 1.29 is 9.72 Å². The quantitative estimate of drug-likeness (QED) is 0.519. The topological polar surface area (TPSA) is 72.2 Å². The molecule has 1 amide bonds. The molecule has 5 nitrogen and oxygen atoms in total. The van der Waals surface area contributed by atoms with Gasteiger partial charge in [0.25, 0.3) is 11.6 Å². The minimum absolute atomic E-state index is 0.00374. The number of carbonyl (C=O) groups excluding carboxylic acids is 1. The molecule has 0 bridgehead atoms. The molecule has 1 N–H and O–H groups in total. The Balaban J connectivity index is 1.86. The van der Waals surface area contributed by atoms with Crippen LogP contribution in [0.15, 0.2) is 24.3 Å². The van der Waals surface area contributed by atoms with E-state index in [1.54, 1.807) is 0 Å². The van der Waals surface area contributed by atoms with Gasteiger partial charge in [0.1, 0.15) is 0 Å². The molecule has 2 atom stereocenters. The number of hydrogen-bond acceptors (Lipinski definition) is 3. The molecule has 2 rings (SSSR count). The Morgan fingerprint density at radius 1 is 1.35 bits per heavy atom. The molecule has 6 heteroatoms. The highest BCUT2D eigenvalue weighted by molar-refractivity contribution is 9.09. The largest absolute Gasteiger partial charge is 0.352 e. The average Bonchev–Trinajstić information content (AvgIpc) is 2.45. The lowest BCUT2D eigenvalue weighted by Crippen LogP contribution is -2.31. The number of benzene rings is 1. The Morgan fingerprint density at radius 2 is 2.05 bits per heavy atom. The van der Waals surface area contributed by atoms with Crippen LogP contribution in [-0.2, 0) is 0 Å². The van der Waals surface area contributed by atoms with E-state index in [2.05, 4.69) is 21.2 Å². The van der Waals surface area contributed by atoms with Gasteiger partial charge in [-0.1, -0.05) is 22.4 Å². The summed E-state index contributed by atoms with van der Waals surface area (Å²) in [5, 5.41) is 13.5. The van der Waals surface area contributed by atoms with Crippen LogP contribution in [0.5, 0.6) is 0 Å². The number of rotatable bonds is 4. The molecule has 1 aliphatic carbocycles. The van der Waals surface area contributed by atoms with Gasteiger partial charge in [-0.3, -0.25) is 14.9 Å². The Hall–Kier alpha value is -1.43. The first kappa shape index (κ1) is 15.0. The molecule has 1 aromatic carbocycles. The molecule has 108 valence electrons. The van der Waals surface area contributed by atoms with Gasteiger partial charge >= 0.3 is 0 Å². The first-order chi connectivity index (χ1) is 9.56. The summed E-state index contributed by atoms with van der Waals surface area (Å²) < 4.78 is 0. The number of amides is 1. The fourth-order valence-corrected chi connectivity index (χ4v) is 3.34. The van der Waals surface area contributed by atoms with Gasteiger partial charge < -0.3 is 5.32 Å². The summed E-state index contributed by atoms with van der Waals surface area (Å²) in [7, 11) is 0. The van der Waals surface area contributed by atoms with Crippen LogP contribution in [0.2, 0.25) is 0 Å². The minimum atomic E-state index is -0.472. The number of alkyl halides is 1. The van der Waals surface area contributed by atoms with E-state index in [9.17, 15) is 14.9 Å². The Kier molecular flexibility index (Phi) is 5.11. The number of nitrogens with zero attached hydrogens (tertiary/aromatic N) is 1. The van der Waals surface area contributed by atoms with Gasteiger partial charge in [-0.2, -0.15) is 0 Å². The normalized spacial score (nSPS) is 22.2. The van der Waals surface area contributed by atoms with Gasteiger partial charge in [-0.25, -0.2) is 0 Å². The first-order valence-electron chi connectivity index (χ1n) is 6.73. The number of halogens is 1. The van der Waals surface area contributed by atoms with Gasteiger partial charge in [0.2, 0.25) is 0 Å². The summed E-state index contributed by atoms with van der Waals surface area (Å²) in [5.74, 6) is 0.340. The lowest BCUT2D eigenvalue weighted by Gasteiger charge is -2.25. The Morgan fingerprint density at radius 3 is 2.65 bits per heavy atom. The molecule has 2 unspecified atom stereocenters. The number of nitrogens with one attached hydrogen (secondary N) is 1. The molecule has 20 heavy (non-hydrogen) atoms. The zero-order chi connectivity index (χ0) is 14.5. The fourth-order valence-electron chi connectivity index (χ4n) is 2.48. The van der Waals surface area contributed by atoms with Crippen LogP contribution in [-0.4, -0.2) is 22.2 Å². The number of nitro groups is 1. The molecule has 0 radical (unpaired) electrons. The molecule has 0 spiro atoms. The van der Waals surface area contributed by atoms with Crippen LogP contribution >= 0.6 is 15.9 Å². The highest BCUT2D eigenvalue weighted by Crippen LogP contribution is 2.28. The number of non-ortho nitro benzene ring substituents is 1. The smallest absolute Gasteiger partial charge is 0.269 e. The van der Waals surface area contributed by atoms with Gasteiger partial charge in [0, 0.05) is 29.1 Å². The van der Waals surface area contributed by atoms with Crippen molar-refractivity contribution in [3.8, 4) is 0 Å². The number of nitro benzene ring substituents is 1. The van der Waals surface area contributed by atoms with Crippen LogP contribution in [0.25, 0.3) is 0 Å². The molecule has 0 aromatic heterocycles. The summed E-state index contributed by atoms with van der Waals surface area (Å²) in [5.41, 5.74) is 0.456. The highest BCUT2D eigenvalue weighted by atomic mass is 79.9. The molecule has 0 saturated heterocycles. The molecule has 0 aliphatic heterocycles. The molecular weight excluding hydrogens is 324 g/mol. The van der Waals surface area contributed by atoms with Gasteiger partial charge in [0.15, 0.2) is 0 Å². The van der Waals surface area contributed by atoms with Crippen molar-refractivity contribution in [1.82, 2.24) is 5.32 Å². The van der Waals surface area contributed by atoms with E-state index in [1.165, 1.54) is 37.1 Å². The zero-order valence-electron chi connectivity index (χ0n) is 11.0. The Labute approximate surface area is 126 Å². The van der Waals surface area contributed by atoms with Crippen LogP contribution in [0.1, 0.15) is 36.0 Å². The second kappa shape index (κ2) is 6.83. The van der Waals surface area contributed by atoms with E-state index < -0.39 is 4.92 Å². The van der Waals surface area contributed by atoms with E-state index in [0.717, 1.165) is 12.8 Å². The standard InChI is InChI=1S/C14H17BrN2O3/c15-12-3-1-2-10(8-12)9-16-14(18)11-4-6-13(7-5-11)17(19)20/h4-7,10,12H,1-3,8-9H2,(H,16,18). The monoisotopic (exact) mass is 340 g/mol. The van der Waals surface area contributed by atoms with Gasteiger partial charge in [-0.15, -0.1) is 0 Å². The van der Waals surface area contributed by atoms with Crippen molar-refractivity contribution in [1.29, 1.82) is 0 Å². The third-order valence-electron chi connectivity index (χ3n) is 3.61. The van der Waals surface area contributed by atoms with Crippen molar-refractivity contribution in [3.05, 3.63) is 39.9 Å². The summed E-state index contributed by atoms with van der Waals surface area (Å²) in [6.45, 7) is 0.665. The van der Waals surface area contributed by atoms with E-state index in [-0.39, 0.29) is 11.6 Å². The maximum absolute atomic E-state index is 12.0. The summed E-state index contributed by atoms with van der Waals surface area (Å²) in [6, 6.07) is 5.68. The van der Waals surface area contributed by atoms with Crippen LogP contribution in [0.4, 0.5) is 5.69 Å². The van der Waals surface area contributed by atoms with Crippen LogP contribution in [0, 0.1) is 16.0 Å². The zero-order valence-corrected chi connectivity index (χ0v) is 12.6. The molecule has 1 saturated carbocycles. The van der Waals surface area contributed by atoms with Crippen molar-refractivity contribution >= 4 is 27.5 Å². The summed E-state index contributed by atoms with van der Waals surface area (Å²) >= 11 is 3.63. The van der Waals surface area contributed by atoms with Crippen molar-refractivity contribution in [2.75, 3.05) is 6.54 Å². The number of hydrogen-bond donors (Lipinski definition) is 1.